The topological polar surface area (TPSA) is 49.3 Å². The number of carbonyl (C=O) groups excluding carboxylic acids is 1. The first kappa shape index (κ1) is 14.7. The lowest BCUT2D eigenvalue weighted by Crippen LogP contribution is -2.31. The minimum atomic E-state index is -0.477. The average Bonchev–Trinajstić information content (AvgIpc) is 2.28. The molecule has 2 N–H and O–H groups in total. The number of aliphatic hydroxyl groups is 1. The van der Waals surface area contributed by atoms with E-state index in [1.54, 1.807) is 13.0 Å². The summed E-state index contributed by atoms with van der Waals surface area (Å²) in [5.74, 6) is -0.828. The molecule has 0 saturated carbocycles. The molecule has 0 aliphatic heterocycles. The number of benzene rings is 1. The number of hydrogen-bond donors (Lipinski definition) is 2. The standard InChI is InChI=1S/C13H15ClFNO2/c1-9(7-8-17)16-13(18)6-5-10-11(14)3-2-4-12(10)15/h2-6,9,17H,7-8H2,1H3,(H,16,18)/b6-5+. The minimum Gasteiger partial charge on any atom is -0.396 e. The van der Waals surface area contributed by atoms with Crippen molar-refractivity contribution in [2.75, 3.05) is 6.61 Å². The van der Waals surface area contributed by atoms with Crippen molar-refractivity contribution in [1.82, 2.24) is 5.32 Å². The second kappa shape index (κ2) is 7.13. The van der Waals surface area contributed by atoms with Crippen LogP contribution in [0.1, 0.15) is 18.9 Å². The summed E-state index contributed by atoms with van der Waals surface area (Å²) in [5.41, 5.74) is 0.184. The van der Waals surface area contributed by atoms with Gasteiger partial charge in [-0.2, -0.15) is 0 Å². The van der Waals surface area contributed by atoms with E-state index in [1.165, 1.54) is 24.3 Å². The number of amides is 1. The number of carbonyl (C=O) groups is 1. The zero-order chi connectivity index (χ0) is 13.5. The third-order valence-electron chi connectivity index (χ3n) is 2.35. The summed E-state index contributed by atoms with van der Waals surface area (Å²) in [4.78, 5) is 11.5. The van der Waals surface area contributed by atoms with Crippen molar-refractivity contribution in [3.8, 4) is 0 Å². The van der Waals surface area contributed by atoms with Crippen LogP contribution in [0.2, 0.25) is 5.02 Å². The minimum absolute atomic E-state index is 0.00427. The van der Waals surface area contributed by atoms with Gasteiger partial charge < -0.3 is 10.4 Å². The Hall–Kier alpha value is -1.39. The Bertz CT molecular complexity index is 428. The molecular weight excluding hydrogens is 257 g/mol. The SMILES string of the molecule is CC(CCO)NC(=O)/C=C/c1c(F)cccc1Cl. The lowest BCUT2D eigenvalue weighted by molar-refractivity contribution is -0.117. The summed E-state index contributed by atoms with van der Waals surface area (Å²) < 4.78 is 13.4. The van der Waals surface area contributed by atoms with Gasteiger partial charge in [0.1, 0.15) is 5.82 Å². The van der Waals surface area contributed by atoms with E-state index in [0.717, 1.165) is 0 Å². The van der Waals surface area contributed by atoms with Gasteiger partial charge in [0.25, 0.3) is 0 Å². The first-order valence-corrected chi connectivity index (χ1v) is 5.96. The summed E-state index contributed by atoms with van der Waals surface area (Å²) in [6.45, 7) is 1.78. The van der Waals surface area contributed by atoms with Crippen LogP contribution in [0.3, 0.4) is 0 Å². The molecule has 0 radical (unpaired) electrons. The molecule has 0 heterocycles. The fraction of sp³-hybridized carbons (Fsp3) is 0.308. The van der Waals surface area contributed by atoms with E-state index < -0.39 is 5.82 Å². The molecule has 0 spiro atoms. The zero-order valence-corrected chi connectivity index (χ0v) is 10.7. The van der Waals surface area contributed by atoms with E-state index in [0.29, 0.717) is 6.42 Å². The number of rotatable bonds is 5. The molecule has 1 unspecified atom stereocenters. The van der Waals surface area contributed by atoms with Crippen molar-refractivity contribution in [1.29, 1.82) is 0 Å². The highest BCUT2D eigenvalue weighted by molar-refractivity contribution is 6.32. The maximum Gasteiger partial charge on any atom is 0.244 e. The van der Waals surface area contributed by atoms with Crippen molar-refractivity contribution in [2.45, 2.75) is 19.4 Å². The zero-order valence-electron chi connectivity index (χ0n) is 9.99. The van der Waals surface area contributed by atoms with E-state index >= 15 is 0 Å². The lowest BCUT2D eigenvalue weighted by atomic mass is 10.2. The van der Waals surface area contributed by atoms with Crippen LogP contribution >= 0.6 is 11.6 Å². The molecule has 0 aliphatic rings. The molecule has 0 aromatic heterocycles. The monoisotopic (exact) mass is 271 g/mol. The molecule has 1 atom stereocenters. The van der Waals surface area contributed by atoms with Gasteiger partial charge >= 0.3 is 0 Å². The highest BCUT2D eigenvalue weighted by Crippen LogP contribution is 2.20. The molecule has 98 valence electrons. The summed E-state index contributed by atoms with van der Waals surface area (Å²) >= 11 is 5.81. The number of nitrogens with one attached hydrogen (secondary N) is 1. The Labute approximate surface area is 110 Å². The van der Waals surface area contributed by atoms with Crippen LogP contribution in [0.25, 0.3) is 6.08 Å². The Morgan fingerprint density at radius 1 is 1.61 bits per heavy atom. The van der Waals surface area contributed by atoms with E-state index in [-0.39, 0.29) is 29.1 Å². The predicted octanol–water partition coefficient (Wildman–Crippen LogP) is 2.38. The first-order chi connectivity index (χ1) is 8.54. The summed E-state index contributed by atoms with van der Waals surface area (Å²) in [5, 5.41) is 11.6. The molecule has 18 heavy (non-hydrogen) atoms. The molecule has 3 nitrogen and oxygen atoms in total. The van der Waals surface area contributed by atoms with Gasteiger partial charge in [-0.15, -0.1) is 0 Å². The van der Waals surface area contributed by atoms with Crippen LogP contribution < -0.4 is 5.32 Å². The van der Waals surface area contributed by atoms with Crippen LogP contribution in [-0.2, 0) is 4.79 Å². The van der Waals surface area contributed by atoms with Gasteiger partial charge in [0.15, 0.2) is 0 Å². The molecule has 0 saturated heterocycles. The number of halogens is 2. The van der Waals surface area contributed by atoms with Gasteiger partial charge in [0.2, 0.25) is 5.91 Å². The van der Waals surface area contributed by atoms with Crippen molar-refractivity contribution in [3.63, 3.8) is 0 Å². The van der Waals surface area contributed by atoms with Gasteiger partial charge in [0, 0.05) is 24.3 Å². The fourth-order valence-electron chi connectivity index (χ4n) is 1.39. The van der Waals surface area contributed by atoms with Crippen LogP contribution in [0.4, 0.5) is 4.39 Å². The third kappa shape index (κ3) is 4.47. The van der Waals surface area contributed by atoms with E-state index in [9.17, 15) is 9.18 Å². The molecule has 1 amide bonds. The summed E-state index contributed by atoms with van der Waals surface area (Å²) in [7, 11) is 0. The molecule has 0 bridgehead atoms. The van der Waals surface area contributed by atoms with Gasteiger partial charge in [-0.3, -0.25) is 4.79 Å². The lowest BCUT2D eigenvalue weighted by Gasteiger charge is -2.10. The normalized spacial score (nSPS) is 12.7. The number of aliphatic hydroxyl groups excluding tert-OH is 1. The summed E-state index contributed by atoms with van der Waals surface area (Å²) in [6, 6.07) is 4.19. The quantitative estimate of drug-likeness (QED) is 0.808. The molecular formula is C13H15ClFNO2. The highest BCUT2D eigenvalue weighted by Gasteiger charge is 2.06. The Balaban J connectivity index is 2.66. The second-order valence-electron chi connectivity index (χ2n) is 3.89. The maximum absolute atomic E-state index is 13.4. The smallest absolute Gasteiger partial charge is 0.244 e. The first-order valence-electron chi connectivity index (χ1n) is 5.58. The maximum atomic E-state index is 13.4. The molecule has 0 aliphatic carbocycles. The fourth-order valence-corrected chi connectivity index (χ4v) is 1.61. The van der Waals surface area contributed by atoms with Crippen molar-refractivity contribution in [2.24, 2.45) is 0 Å². The van der Waals surface area contributed by atoms with Crippen molar-refractivity contribution >= 4 is 23.6 Å². The average molecular weight is 272 g/mol. The Morgan fingerprint density at radius 2 is 2.33 bits per heavy atom. The molecule has 5 heteroatoms. The van der Waals surface area contributed by atoms with Gasteiger partial charge in [-0.1, -0.05) is 17.7 Å². The predicted molar refractivity (Wildman–Crippen MR) is 69.8 cm³/mol. The molecule has 1 aromatic rings. The van der Waals surface area contributed by atoms with Gasteiger partial charge in [-0.25, -0.2) is 4.39 Å². The van der Waals surface area contributed by atoms with Crippen LogP contribution in [0, 0.1) is 5.82 Å². The largest absolute Gasteiger partial charge is 0.396 e. The number of hydrogen-bond acceptors (Lipinski definition) is 2. The van der Waals surface area contributed by atoms with Crippen LogP contribution in [0.5, 0.6) is 0 Å². The molecule has 0 fully saturated rings. The second-order valence-corrected chi connectivity index (χ2v) is 4.30. The van der Waals surface area contributed by atoms with Crippen molar-refractivity contribution in [3.05, 3.63) is 40.7 Å². The van der Waals surface area contributed by atoms with E-state index in [2.05, 4.69) is 5.32 Å². The van der Waals surface area contributed by atoms with Crippen LogP contribution in [-0.4, -0.2) is 23.7 Å². The highest BCUT2D eigenvalue weighted by atomic mass is 35.5. The van der Waals surface area contributed by atoms with E-state index in [4.69, 9.17) is 16.7 Å². The summed E-state index contributed by atoms with van der Waals surface area (Å²) in [6.07, 6.45) is 3.02. The van der Waals surface area contributed by atoms with Crippen molar-refractivity contribution < 1.29 is 14.3 Å². The Morgan fingerprint density at radius 3 is 2.94 bits per heavy atom. The van der Waals surface area contributed by atoms with E-state index in [1.807, 2.05) is 0 Å². The Kier molecular flexibility index (Phi) is 5.82. The van der Waals surface area contributed by atoms with Gasteiger partial charge in [0.05, 0.1) is 5.02 Å². The molecule has 1 aromatic carbocycles. The third-order valence-corrected chi connectivity index (χ3v) is 2.68. The van der Waals surface area contributed by atoms with Gasteiger partial charge in [-0.05, 0) is 31.6 Å². The molecule has 1 rings (SSSR count). The van der Waals surface area contributed by atoms with Crippen LogP contribution in [0.15, 0.2) is 24.3 Å².